The predicted molar refractivity (Wildman–Crippen MR) is 97.5 cm³/mol. The van der Waals surface area contributed by atoms with Gasteiger partial charge in [-0.15, -0.1) is 0 Å². The lowest BCUT2D eigenvalue weighted by atomic mass is 10.1. The number of nitrogens with zero attached hydrogens (tertiary/aromatic N) is 1. The van der Waals surface area contributed by atoms with Crippen LogP contribution in [-0.4, -0.2) is 55.3 Å². The Kier molecular flexibility index (Phi) is 6.71. The molecule has 2 rings (SSSR count). The fourth-order valence-corrected chi connectivity index (χ4v) is 2.68. The van der Waals surface area contributed by atoms with Gasteiger partial charge in [-0.1, -0.05) is 12.1 Å². The van der Waals surface area contributed by atoms with Crippen LogP contribution in [0, 0.1) is 0 Å². The standard InChI is InChI=1S/C19H28N2O5/c1-19(2,3)26-18(23)21-11-9-14(10-12-21)20-17(22)13-25-16-8-6-5-7-15(16)24-4/h5-8,14H,9-13H2,1-4H3,(H,20,22). The smallest absolute Gasteiger partial charge is 0.410 e. The molecule has 1 N–H and O–H groups in total. The SMILES string of the molecule is COc1ccccc1OCC(=O)NC1CCN(C(=O)OC(C)(C)C)CC1. The van der Waals surface area contributed by atoms with Crippen molar-refractivity contribution in [3.05, 3.63) is 24.3 Å². The van der Waals surface area contributed by atoms with Gasteiger partial charge in [0.1, 0.15) is 5.60 Å². The summed E-state index contributed by atoms with van der Waals surface area (Å²) in [5, 5.41) is 2.95. The van der Waals surface area contributed by atoms with E-state index in [1.54, 1.807) is 24.1 Å². The number of likely N-dealkylation sites (tertiary alicyclic amines) is 1. The van der Waals surface area contributed by atoms with E-state index in [1.165, 1.54) is 0 Å². The molecule has 1 saturated heterocycles. The van der Waals surface area contributed by atoms with Crippen molar-refractivity contribution in [2.24, 2.45) is 0 Å². The molecule has 0 aromatic heterocycles. The van der Waals surface area contributed by atoms with Crippen molar-refractivity contribution in [2.75, 3.05) is 26.8 Å². The normalized spacial score (nSPS) is 15.3. The first kappa shape index (κ1) is 19.9. The summed E-state index contributed by atoms with van der Waals surface area (Å²) in [5.74, 6) is 0.933. The summed E-state index contributed by atoms with van der Waals surface area (Å²) >= 11 is 0. The van der Waals surface area contributed by atoms with Crippen LogP contribution in [0.25, 0.3) is 0 Å². The van der Waals surface area contributed by atoms with E-state index < -0.39 is 5.60 Å². The summed E-state index contributed by atoms with van der Waals surface area (Å²) in [6.07, 6.45) is 1.08. The van der Waals surface area contributed by atoms with Crippen LogP contribution in [0.15, 0.2) is 24.3 Å². The highest BCUT2D eigenvalue weighted by molar-refractivity contribution is 5.78. The molecular formula is C19H28N2O5. The monoisotopic (exact) mass is 364 g/mol. The lowest BCUT2D eigenvalue weighted by Crippen LogP contribution is -2.48. The minimum Gasteiger partial charge on any atom is -0.493 e. The van der Waals surface area contributed by atoms with Gasteiger partial charge in [-0.05, 0) is 45.7 Å². The van der Waals surface area contributed by atoms with E-state index in [0.29, 0.717) is 37.4 Å². The van der Waals surface area contributed by atoms with Gasteiger partial charge in [0.2, 0.25) is 0 Å². The molecule has 1 aliphatic rings. The largest absolute Gasteiger partial charge is 0.493 e. The van der Waals surface area contributed by atoms with Crippen molar-refractivity contribution < 1.29 is 23.8 Å². The Morgan fingerprint density at radius 3 is 2.35 bits per heavy atom. The molecule has 26 heavy (non-hydrogen) atoms. The van der Waals surface area contributed by atoms with Gasteiger partial charge in [0.05, 0.1) is 7.11 Å². The Hall–Kier alpha value is -2.44. The van der Waals surface area contributed by atoms with Gasteiger partial charge in [0.15, 0.2) is 18.1 Å². The summed E-state index contributed by atoms with van der Waals surface area (Å²) in [6.45, 7) is 6.59. The zero-order valence-corrected chi connectivity index (χ0v) is 15.9. The van der Waals surface area contributed by atoms with E-state index >= 15 is 0 Å². The molecule has 1 aromatic carbocycles. The number of rotatable bonds is 5. The lowest BCUT2D eigenvalue weighted by molar-refractivity contribution is -0.124. The van der Waals surface area contributed by atoms with Gasteiger partial charge in [-0.3, -0.25) is 4.79 Å². The zero-order chi connectivity index (χ0) is 19.2. The Bertz CT molecular complexity index is 619. The molecule has 7 heteroatoms. The second-order valence-corrected chi connectivity index (χ2v) is 7.25. The van der Waals surface area contributed by atoms with Crippen LogP contribution >= 0.6 is 0 Å². The molecule has 7 nitrogen and oxygen atoms in total. The summed E-state index contributed by atoms with van der Waals surface area (Å²) < 4.78 is 16.1. The molecule has 1 fully saturated rings. The minimum absolute atomic E-state index is 0.0301. The molecule has 2 amide bonds. The van der Waals surface area contributed by atoms with Gasteiger partial charge in [-0.25, -0.2) is 4.79 Å². The number of nitrogens with one attached hydrogen (secondary N) is 1. The van der Waals surface area contributed by atoms with Crippen molar-refractivity contribution in [3.63, 3.8) is 0 Å². The van der Waals surface area contributed by atoms with Crippen LogP contribution in [-0.2, 0) is 9.53 Å². The fourth-order valence-electron chi connectivity index (χ4n) is 2.68. The molecule has 0 atom stereocenters. The maximum absolute atomic E-state index is 12.1. The quantitative estimate of drug-likeness (QED) is 0.869. The number of piperidine rings is 1. The van der Waals surface area contributed by atoms with Crippen LogP contribution in [0.4, 0.5) is 4.79 Å². The molecule has 144 valence electrons. The first-order valence-corrected chi connectivity index (χ1v) is 8.81. The van der Waals surface area contributed by atoms with Gasteiger partial charge >= 0.3 is 6.09 Å². The van der Waals surface area contributed by atoms with Gasteiger partial charge in [0.25, 0.3) is 5.91 Å². The molecule has 0 spiro atoms. The maximum Gasteiger partial charge on any atom is 0.410 e. The molecule has 0 unspecified atom stereocenters. The van der Waals surface area contributed by atoms with Crippen molar-refractivity contribution >= 4 is 12.0 Å². The third-order valence-corrected chi connectivity index (χ3v) is 3.94. The highest BCUT2D eigenvalue weighted by Gasteiger charge is 2.27. The van der Waals surface area contributed by atoms with E-state index in [0.717, 1.165) is 0 Å². The van der Waals surface area contributed by atoms with E-state index in [4.69, 9.17) is 14.2 Å². The molecular weight excluding hydrogens is 336 g/mol. The first-order chi connectivity index (χ1) is 12.3. The summed E-state index contributed by atoms with van der Waals surface area (Å²) in [7, 11) is 1.56. The topological polar surface area (TPSA) is 77.1 Å². The summed E-state index contributed by atoms with van der Waals surface area (Å²) in [5.41, 5.74) is -0.502. The van der Waals surface area contributed by atoms with Crippen LogP contribution in [0.5, 0.6) is 11.5 Å². The van der Waals surface area contributed by atoms with E-state index in [9.17, 15) is 9.59 Å². The number of amides is 2. The second-order valence-electron chi connectivity index (χ2n) is 7.25. The Balaban J connectivity index is 1.73. The van der Waals surface area contributed by atoms with Crippen LogP contribution in [0.1, 0.15) is 33.6 Å². The molecule has 0 radical (unpaired) electrons. The summed E-state index contributed by atoms with van der Waals surface area (Å²) in [6, 6.07) is 7.22. The summed E-state index contributed by atoms with van der Waals surface area (Å²) in [4.78, 5) is 25.8. The predicted octanol–water partition coefficient (Wildman–Crippen LogP) is 2.59. The Morgan fingerprint density at radius 2 is 1.77 bits per heavy atom. The molecule has 1 aliphatic heterocycles. The van der Waals surface area contributed by atoms with Gasteiger partial charge in [-0.2, -0.15) is 0 Å². The third kappa shape index (κ3) is 6.13. The molecule has 1 aromatic rings. The number of hydrogen-bond donors (Lipinski definition) is 1. The van der Waals surface area contributed by atoms with Crippen LogP contribution < -0.4 is 14.8 Å². The van der Waals surface area contributed by atoms with E-state index in [1.807, 2.05) is 32.9 Å². The van der Waals surface area contributed by atoms with Crippen molar-refractivity contribution in [3.8, 4) is 11.5 Å². The third-order valence-electron chi connectivity index (χ3n) is 3.94. The average Bonchev–Trinajstić information content (AvgIpc) is 2.59. The highest BCUT2D eigenvalue weighted by atomic mass is 16.6. The Labute approximate surface area is 154 Å². The first-order valence-electron chi connectivity index (χ1n) is 8.81. The minimum atomic E-state index is -0.502. The van der Waals surface area contributed by atoms with Crippen LogP contribution in [0.2, 0.25) is 0 Å². The van der Waals surface area contributed by atoms with Gasteiger partial charge in [0, 0.05) is 19.1 Å². The van der Waals surface area contributed by atoms with E-state index in [-0.39, 0.29) is 24.6 Å². The van der Waals surface area contributed by atoms with E-state index in [2.05, 4.69) is 5.32 Å². The average molecular weight is 364 g/mol. The van der Waals surface area contributed by atoms with Crippen LogP contribution in [0.3, 0.4) is 0 Å². The zero-order valence-electron chi connectivity index (χ0n) is 15.9. The number of ether oxygens (including phenoxy) is 3. The lowest BCUT2D eigenvalue weighted by Gasteiger charge is -2.33. The highest BCUT2D eigenvalue weighted by Crippen LogP contribution is 2.25. The number of para-hydroxylation sites is 2. The second kappa shape index (κ2) is 8.78. The number of benzene rings is 1. The van der Waals surface area contributed by atoms with Crippen molar-refractivity contribution in [2.45, 2.75) is 45.3 Å². The Morgan fingerprint density at radius 1 is 1.15 bits per heavy atom. The van der Waals surface area contributed by atoms with Crippen molar-refractivity contribution in [1.29, 1.82) is 0 Å². The number of methoxy groups -OCH3 is 1. The fraction of sp³-hybridized carbons (Fsp3) is 0.579. The van der Waals surface area contributed by atoms with Gasteiger partial charge < -0.3 is 24.4 Å². The molecule has 0 bridgehead atoms. The number of carbonyl (C=O) groups excluding carboxylic acids is 2. The number of hydrogen-bond acceptors (Lipinski definition) is 5. The number of carbonyl (C=O) groups is 2. The molecule has 0 aliphatic carbocycles. The van der Waals surface area contributed by atoms with Crippen molar-refractivity contribution in [1.82, 2.24) is 10.2 Å². The molecule has 1 heterocycles. The maximum atomic E-state index is 12.1. The molecule has 0 saturated carbocycles.